The van der Waals surface area contributed by atoms with Crippen LogP contribution in [0.2, 0.25) is 0 Å². The molecular formula is C18H11F6N3O3S. The Kier molecular flexibility index (Phi) is 5.81. The number of benzene rings is 2. The largest absolute Gasteiger partial charge is 0.534 e. The first-order valence-electron chi connectivity index (χ1n) is 8.23. The maximum atomic E-state index is 12.7. The van der Waals surface area contributed by atoms with Gasteiger partial charge in [-0.3, -0.25) is 4.98 Å². The van der Waals surface area contributed by atoms with Crippen LogP contribution in [0.15, 0.2) is 60.9 Å². The molecule has 0 aliphatic heterocycles. The lowest BCUT2D eigenvalue weighted by molar-refractivity contribution is -0.137. The molecule has 2 aromatic carbocycles. The average molecular weight is 463 g/mol. The number of nitrogens with one attached hydrogen (secondary N) is 1. The zero-order valence-corrected chi connectivity index (χ0v) is 15.9. The van der Waals surface area contributed by atoms with Gasteiger partial charge >= 0.3 is 21.8 Å². The Morgan fingerprint density at radius 1 is 0.806 bits per heavy atom. The third kappa shape index (κ3) is 5.23. The first-order chi connectivity index (χ1) is 14.4. The van der Waals surface area contributed by atoms with Crippen molar-refractivity contribution in [2.45, 2.75) is 11.7 Å². The van der Waals surface area contributed by atoms with E-state index in [0.29, 0.717) is 5.56 Å². The van der Waals surface area contributed by atoms with Crippen LogP contribution in [0, 0.1) is 0 Å². The van der Waals surface area contributed by atoms with Crippen molar-refractivity contribution in [3.63, 3.8) is 0 Å². The van der Waals surface area contributed by atoms with Crippen molar-refractivity contribution >= 4 is 21.6 Å². The Balaban J connectivity index is 1.83. The van der Waals surface area contributed by atoms with Crippen LogP contribution in [0.4, 0.5) is 37.8 Å². The van der Waals surface area contributed by atoms with Gasteiger partial charge in [-0.15, -0.1) is 0 Å². The lowest BCUT2D eigenvalue weighted by atomic mass is 10.1. The summed E-state index contributed by atoms with van der Waals surface area (Å²) >= 11 is 0. The smallest absolute Gasteiger partial charge is 0.376 e. The van der Waals surface area contributed by atoms with Gasteiger partial charge < -0.3 is 9.50 Å². The van der Waals surface area contributed by atoms with Crippen molar-refractivity contribution in [3.8, 4) is 17.0 Å². The van der Waals surface area contributed by atoms with Gasteiger partial charge in [-0.05, 0) is 48.5 Å². The molecule has 0 aliphatic rings. The number of rotatable bonds is 5. The van der Waals surface area contributed by atoms with Crippen molar-refractivity contribution in [2.75, 3.05) is 5.32 Å². The van der Waals surface area contributed by atoms with E-state index in [9.17, 15) is 34.8 Å². The van der Waals surface area contributed by atoms with E-state index >= 15 is 0 Å². The molecule has 0 unspecified atom stereocenters. The quantitative estimate of drug-likeness (QED) is 0.321. The van der Waals surface area contributed by atoms with E-state index in [0.717, 1.165) is 24.3 Å². The molecule has 1 heterocycles. The highest BCUT2D eigenvalue weighted by atomic mass is 32.2. The van der Waals surface area contributed by atoms with Crippen LogP contribution in [0.1, 0.15) is 5.56 Å². The fraction of sp³-hybridized carbons (Fsp3) is 0.111. The van der Waals surface area contributed by atoms with Crippen molar-refractivity contribution in [3.05, 3.63) is 66.5 Å². The third-order valence-electron chi connectivity index (χ3n) is 3.79. The Labute approximate surface area is 171 Å². The van der Waals surface area contributed by atoms with Crippen LogP contribution >= 0.6 is 0 Å². The number of alkyl halides is 6. The van der Waals surface area contributed by atoms with Crippen LogP contribution in [0.3, 0.4) is 0 Å². The molecule has 0 fully saturated rings. The number of hydrogen-bond donors (Lipinski definition) is 1. The first-order valence-corrected chi connectivity index (χ1v) is 9.64. The summed E-state index contributed by atoms with van der Waals surface area (Å²) in [7, 11) is -5.81. The second-order valence-electron chi connectivity index (χ2n) is 5.96. The molecule has 1 aromatic heterocycles. The van der Waals surface area contributed by atoms with Gasteiger partial charge in [0.15, 0.2) is 5.82 Å². The molecule has 6 nitrogen and oxygen atoms in total. The van der Waals surface area contributed by atoms with Crippen LogP contribution in [-0.2, 0) is 16.3 Å². The van der Waals surface area contributed by atoms with Gasteiger partial charge in [0.25, 0.3) is 0 Å². The molecule has 0 aliphatic carbocycles. The normalized spacial score (nSPS) is 12.5. The molecule has 3 aromatic rings. The second kappa shape index (κ2) is 8.06. The van der Waals surface area contributed by atoms with Crippen molar-refractivity contribution in [1.29, 1.82) is 0 Å². The SMILES string of the molecule is O=S(=O)(Oc1ccc(-c2nccnc2Nc2ccc(C(F)(F)F)cc2)cc1)C(F)(F)F. The van der Waals surface area contributed by atoms with Crippen LogP contribution in [0.5, 0.6) is 5.75 Å². The lowest BCUT2D eigenvalue weighted by Crippen LogP contribution is -2.28. The van der Waals surface area contributed by atoms with Crippen molar-refractivity contribution in [1.82, 2.24) is 9.97 Å². The maximum absolute atomic E-state index is 12.7. The fourth-order valence-electron chi connectivity index (χ4n) is 2.36. The van der Waals surface area contributed by atoms with E-state index in [4.69, 9.17) is 0 Å². The number of hydrogen-bond acceptors (Lipinski definition) is 6. The zero-order valence-electron chi connectivity index (χ0n) is 15.1. The minimum absolute atomic E-state index is 0.152. The van der Waals surface area contributed by atoms with Crippen LogP contribution in [0.25, 0.3) is 11.3 Å². The molecule has 0 atom stereocenters. The molecular weight excluding hydrogens is 452 g/mol. The molecule has 0 bridgehead atoms. The summed E-state index contributed by atoms with van der Waals surface area (Å²) in [6.45, 7) is 0. The summed E-state index contributed by atoms with van der Waals surface area (Å²) < 4.78 is 101. The van der Waals surface area contributed by atoms with Gasteiger partial charge in [0, 0.05) is 23.6 Å². The molecule has 13 heteroatoms. The van der Waals surface area contributed by atoms with E-state index in [-0.39, 0.29) is 17.2 Å². The fourth-order valence-corrected chi connectivity index (χ4v) is 2.82. The Morgan fingerprint density at radius 2 is 1.39 bits per heavy atom. The number of halogens is 6. The number of nitrogens with zero attached hydrogens (tertiary/aromatic N) is 2. The Bertz CT molecular complexity index is 1160. The maximum Gasteiger partial charge on any atom is 0.534 e. The Hall–Kier alpha value is -3.35. The minimum atomic E-state index is -5.81. The molecule has 164 valence electrons. The molecule has 3 rings (SSSR count). The summed E-state index contributed by atoms with van der Waals surface area (Å²) in [5, 5.41) is 2.81. The van der Waals surface area contributed by atoms with Gasteiger partial charge in [-0.1, -0.05) is 0 Å². The van der Waals surface area contributed by atoms with E-state index in [1.807, 2.05) is 0 Å². The van der Waals surface area contributed by atoms with Crippen LogP contribution in [-0.4, -0.2) is 23.9 Å². The summed E-state index contributed by atoms with van der Waals surface area (Å²) in [5.74, 6) is -0.416. The molecule has 0 saturated heterocycles. The van der Waals surface area contributed by atoms with E-state index < -0.39 is 33.1 Å². The first kappa shape index (κ1) is 22.3. The summed E-state index contributed by atoms with van der Waals surface area (Å²) in [4.78, 5) is 8.17. The summed E-state index contributed by atoms with van der Waals surface area (Å²) in [5.41, 5.74) is -5.57. The molecule has 0 radical (unpaired) electrons. The van der Waals surface area contributed by atoms with Crippen LogP contribution < -0.4 is 9.50 Å². The second-order valence-corrected chi connectivity index (χ2v) is 7.50. The predicted molar refractivity (Wildman–Crippen MR) is 97.8 cm³/mol. The topological polar surface area (TPSA) is 81.2 Å². The van der Waals surface area contributed by atoms with Crippen molar-refractivity contribution < 1.29 is 38.9 Å². The summed E-state index contributed by atoms with van der Waals surface area (Å²) in [6, 6.07) is 8.65. The molecule has 0 saturated carbocycles. The van der Waals surface area contributed by atoms with Gasteiger partial charge in [0.2, 0.25) is 0 Å². The molecule has 1 N–H and O–H groups in total. The molecule has 31 heavy (non-hydrogen) atoms. The number of anilines is 2. The molecule has 0 spiro atoms. The van der Waals surface area contributed by atoms with Gasteiger partial charge in [0.05, 0.1) is 5.56 Å². The number of aromatic nitrogens is 2. The summed E-state index contributed by atoms with van der Waals surface area (Å²) in [6.07, 6.45) is -1.84. The standard InChI is InChI=1S/C18H11F6N3O3S/c19-17(20,21)12-3-5-13(6-4-12)27-16-15(25-9-10-26-16)11-1-7-14(8-2-11)30-31(28,29)18(22,23)24/h1-10H,(H,26,27). The zero-order chi connectivity index (χ0) is 22.9. The third-order valence-corrected chi connectivity index (χ3v) is 4.77. The van der Waals surface area contributed by atoms with Crippen molar-refractivity contribution in [2.24, 2.45) is 0 Å². The van der Waals surface area contributed by atoms with Gasteiger partial charge in [-0.2, -0.15) is 34.8 Å². The van der Waals surface area contributed by atoms with Gasteiger partial charge in [-0.25, -0.2) is 4.98 Å². The van der Waals surface area contributed by atoms with E-state index in [2.05, 4.69) is 19.5 Å². The van der Waals surface area contributed by atoms with E-state index in [1.54, 1.807) is 0 Å². The highest BCUT2D eigenvalue weighted by Gasteiger charge is 2.48. The Morgan fingerprint density at radius 3 is 1.94 bits per heavy atom. The predicted octanol–water partition coefficient (Wildman–Crippen LogP) is 5.13. The monoisotopic (exact) mass is 463 g/mol. The highest BCUT2D eigenvalue weighted by molar-refractivity contribution is 7.88. The molecule has 0 amide bonds. The van der Waals surface area contributed by atoms with Gasteiger partial charge in [0.1, 0.15) is 11.4 Å². The average Bonchev–Trinajstić information content (AvgIpc) is 2.68. The lowest BCUT2D eigenvalue weighted by Gasteiger charge is -2.12. The minimum Gasteiger partial charge on any atom is -0.376 e. The van der Waals surface area contributed by atoms with E-state index in [1.165, 1.54) is 36.7 Å². The highest BCUT2D eigenvalue weighted by Crippen LogP contribution is 2.32.